The van der Waals surface area contributed by atoms with Gasteiger partial charge in [-0.1, -0.05) is 30.3 Å². The highest BCUT2D eigenvalue weighted by Crippen LogP contribution is 2.25. The molecule has 1 aliphatic heterocycles. The highest BCUT2D eigenvalue weighted by molar-refractivity contribution is 6.18. The average molecular weight is 433 g/mol. The summed E-state index contributed by atoms with van der Waals surface area (Å²) in [4.78, 5) is 28.7. The summed E-state index contributed by atoms with van der Waals surface area (Å²) in [6.07, 6.45) is 2.04. The van der Waals surface area contributed by atoms with E-state index in [0.717, 1.165) is 17.0 Å². The van der Waals surface area contributed by atoms with E-state index in [2.05, 4.69) is 4.98 Å². The Bertz CT molecular complexity index is 1140. The van der Waals surface area contributed by atoms with E-state index in [1.165, 1.54) is 19.9 Å². The van der Waals surface area contributed by atoms with E-state index in [1.54, 1.807) is 24.3 Å². The second-order valence-electron chi connectivity index (χ2n) is 7.79. The summed E-state index contributed by atoms with van der Waals surface area (Å²) in [6.45, 7) is 5.33. The Morgan fingerprint density at radius 1 is 0.969 bits per heavy atom. The van der Waals surface area contributed by atoms with Crippen molar-refractivity contribution in [3.8, 4) is 17.2 Å². The number of cyclic esters (lactones) is 2. The second kappa shape index (κ2) is 8.70. The zero-order valence-electron chi connectivity index (χ0n) is 18.1. The molecule has 1 aromatic heterocycles. The molecule has 1 saturated heterocycles. The molecule has 2 aromatic carbocycles. The predicted octanol–water partition coefficient (Wildman–Crippen LogP) is 4.49. The van der Waals surface area contributed by atoms with Crippen LogP contribution in [0.15, 0.2) is 64.6 Å². The lowest BCUT2D eigenvalue weighted by Crippen LogP contribution is -2.41. The third kappa shape index (κ3) is 4.88. The summed E-state index contributed by atoms with van der Waals surface area (Å²) in [6, 6.07) is 16.8. The zero-order chi connectivity index (χ0) is 22.7. The van der Waals surface area contributed by atoms with Crippen molar-refractivity contribution in [2.45, 2.75) is 33.0 Å². The average Bonchev–Trinajstić information content (AvgIpc) is 3.12. The van der Waals surface area contributed by atoms with E-state index >= 15 is 0 Å². The lowest BCUT2D eigenvalue weighted by Gasteiger charge is -2.29. The number of carbonyl (C=O) groups excluding carboxylic acids is 2. The first-order chi connectivity index (χ1) is 15.3. The van der Waals surface area contributed by atoms with Gasteiger partial charge >= 0.3 is 11.9 Å². The molecule has 4 rings (SSSR count). The maximum absolute atomic E-state index is 12.1. The van der Waals surface area contributed by atoms with Crippen molar-refractivity contribution in [1.29, 1.82) is 0 Å². The summed E-state index contributed by atoms with van der Waals surface area (Å²) >= 11 is 0. The highest BCUT2D eigenvalue weighted by atomic mass is 16.7. The number of ether oxygens (including phenoxy) is 3. The number of aryl methyl sites for hydroxylation is 1. The number of hydrogen-bond acceptors (Lipinski definition) is 7. The van der Waals surface area contributed by atoms with Gasteiger partial charge in [0.05, 0.1) is 12.3 Å². The molecule has 7 nitrogen and oxygen atoms in total. The van der Waals surface area contributed by atoms with Gasteiger partial charge in [0.25, 0.3) is 5.79 Å². The van der Waals surface area contributed by atoms with E-state index in [-0.39, 0.29) is 5.57 Å². The molecule has 0 N–H and O–H groups in total. The Labute approximate surface area is 185 Å². The molecule has 7 heteroatoms. The molecule has 0 atom stereocenters. The SMILES string of the molecule is Cc1oc(-c2ccccc2)nc1CCOc1ccc(C=C2C(=O)OC(C)(C)OC2=O)cc1. The van der Waals surface area contributed by atoms with Crippen LogP contribution in [-0.4, -0.2) is 29.3 Å². The number of benzene rings is 2. The van der Waals surface area contributed by atoms with Gasteiger partial charge in [-0.05, 0) is 42.8 Å². The summed E-state index contributed by atoms with van der Waals surface area (Å²) in [5.41, 5.74) is 2.29. The molecule has 1 aliphatic rings. The fraction of sp³-hybridized carbons (Fsp3) is 0.240. The van der Waals surface area contributed by atoms with Crippen molar-refractivity contribution >= 4 is 18.0 Å². The van der Waals surface area contributed by atoms with Gasteiger partial charge in [0.15, 0.2) is 0 Å². The Kier molecular flexibility index (Phi) is 5.81. The third-order valence-electron chi connectivity index (χ3n) is 4.83. The molecule has 32 heavy (non-hydrogen) atoms. The van der Waals surface area contributed by atoms with Crippen LogP contribution in [0.5, 0.6) is 5.75 Å². The minimum absolute atomic E-state index is 0.145. The zero-order valence-corrected chi connectivity index (χ0v) is 18.1. The van der Waals surface area contributed by atoms with Crippen LogP contribution in [0.2, 0.25) is 0 Å². The molecule has 3 aromatic rings. The summed E-state index contributed by atoms with van der Waals surface area (Å²) in [5.74, 6) is -0.643. The van der Waals surface area contributed by atoms with Gasteiger partial charge in [-0.25, -0.2) is 14.6 Å². The van der Waals surface area contributed by atoms with Crippen molar-refractivity contribution in [3.05, 3.63) is 77.2 Å². The Balaban J connectivity index is 1.36. The molecule has 0 spiro atoms. The predicted molar refractivity (Wildman–Crippen MR) is 117 cm³/mol. The lowest BCUT2D eigenvalue weighted by molar-refractivity contribution is -0.222. The summed E-state index contributed by atoms with van der Waals surface area (Å²) < 4.78 is 21.8. The number of rotatable bonds is 6. The highest BCUT2D eigenvalue weighted by Gasteiger charge is 2.38. The van der Waals surface area contributed by atoms with E-state index in [1.807, 2.05) is 37.3 Å². The first-order valence-electron chi connectivity index (χ1n) is 10.2. The first-order valence-corrected chi connectivity index (χ1v) is 10.2. The van der Waals surface area contributed by atoms with Gasteiger partial charge in [0.2, 0.25) is 5.89 Å². The number of aromatic nitrogens is 1. The summed E-state index contributed by atoms with van der Waals surface area (Å²) in [7, 11) is 0. The first kappa shape index (κ1) is 21.4. The number of nitrogens with zero attached hydrogens (tertiary/aromatic N) is 1. The van der Waals surface area contributed by atoms with Crippen molar-refractivity contribution in [2.75, 3.05) is 6.61 Å². The minimum atomic E-state index is -1.26. The number of esters is 2. The van der Waals surface area contributed by atoms with Crippen molar-refractivity contribution < 1.29 is 28.2 Å². The van der Waals surface area contributed by atoms with Gasteiger partial charge in [-0.2, -0.15) is 0 Å². The number of hydrogen-bond donors (Lipinski definition) is 0. The molecule has 1 fully saturated rings. The Hall–Kier alpha value is -3.87. The van der Waals surface area contributed by atoms with Crippen LogP contribution < -0.4 is 4.74 Å². The van der Waals surface area contributed by atoms with Gasteiger partial charge in [0, 0.05) is 25.8 Å². The fourth-order valence-electron chi connectivity index (χ4n) is 3.24. The molecule has 2 heterocycles. The van der Waals surface area contributed by atoms with Crippen LogP contribution in [-0.2, 0) is 25.5 Å². The van der Waals surface area contributed by atoms with E-state index in [9.17, 15) is 9.59 Å². The standard InChI is InChI=1S/C25H23NO6/c1-16-21(26-22(30-16)18-7-5-4-6-8-18)13-14-29-19-11-9-17(10-12-19)15-20-23(27)31-25(2,3)32-24(20)28/h4-12,15H,13-14H2,1-3H3. The normalized spacial score (nSPS) is 15.2. The third-order valence-corrected chi connectivity index (χ3v) is 4.83. The van der Waals surface area contributed by atoms with Crippen molar-refractivity contribution in [2.24, 2.45) is 0 Å². The molecular formula is C25H23NO6. The van der Waals surface area contributed by atoms with Crippen LogP contribution in [0.1, 0.15) is 30.9 Å². The van der Waals surface area contributed by atoms with Crippen LogP contribution in [0, 0.1) is 6.92 Å². The van der Waals surface area contributed by atoms with E-state index < -0.39 is 17.7 Å². The van der Waals surface area contributed by atoms with Gasteiger partial charge in [0.1, 0.15) is 17.1 Å². The molecule has 0 saturated carbocycles. The number of oxazole rings is 1. The smallest absolute Gasteiger partial charge is 0.348 e. The lowest BCUT2D eigenvalue weighted by atomic mass is 10.1. The molecular weight excluding hydrogens is 410 g/mol. The maximum Gasteiger partial charge on any atom is 0.348 e. The monoisotopic (exact) mass is 433 g/mol. The van der Waals surface area contributed by atoms with Crippen LogP contribution in [0.3, 0.4) is 0 Å². The largest absolute Gasteiger partial charge is 0.493 e. The maximum atomic E-state index is 12.1. The molecule has 0 bridgehead atoms. The topological polar surface area (TPSA) is 87.9 Å². The molecule has 0 unspecified atom stereocenters. The molecule has 0 radical (unpaired) electrons. The van der Waals surface area contributed by atoms with Crippen molar-refractivity contribution in [1.82, 2.24) is 4.98 Å². The van der Waals surface area contributed by atoms with Crippen LogP contribution in [0.25, 0.3) is 17.5 Å². The molecule has 0 aliphatic carbocycles. The van der Waals surface area contributed by atoms with Crippen molar-refractivity contribution in [3.63, 3.8) is 0 Å². The quantitative estimate of drug-likeness (QED) is 0.321. The molecule has 0 amide bonds. The summed E-state index contributed by atoms with van der Waals surface area (Å²) in [5, 5.41) is 0. The van der Waals surface area contributed by atoms with E-state index in [0.29, 0.717) is 30.2 Å². The fourth-order valence-corrected chi connectivity index (χ4v) is 3.24. The number of carbonyl (C=O) groups is 2. The van der Waals surface area contributed by atoms with Gasteiger partial charge in [-0.3, -0.25) is 0 Å². The second-order valence-corrected chi connectivity index (χ2v) is 7.79. The minimum Gasteiger partial charge on any atom is -0.493 e. The Morgan fingerprint density at radius 2 is 1.62 bits per heavy atom. The van der Waals surface area contributed by atoms with Gasteiger partial charge in [-0.15, -0.1) is 0 Å². The van der Waals surface area contributed by atoms with Crippen LogP contribution >= 0.6 is 0 Å². The molecule has 164 valence electrons. The Morgan fingerprint density at radius 3 is 2.28 bits per heavy atom. The van der Waals surface area contributed by atoms with E-state index in [4.69, 9.17) is 18.6 Å². The van der Waals surface area contributed by atoms with Crippen LogP contribution in [0.4, 0.5) is 0 Å². The van der Waals surface area contributed by atoms with Gasteiger partial charge < -0.3 is 18.6 Å².